The van der Waals surface area contributed by atoms with E-state index in [1.807, 2.05) is 23.4 Å². The van der Waals surface area contributed by atoms with Gasteiger partial charge in [-0.2, -0.15) is 5.10 Å². The molecule has 1 unspecified atom stereocenters. The van der Waals surface area contributed by atoms with E-state index in [2.05, 4.69) is 41.6 Å². The molecule has 0 amide bonds. The SMILES string of the molecule is Cc1nn(CCO)c(C)c1CNC1CCSc2ccccc21. The molecule has 0 saturated carbocycles. The predicted octanol–water partition coefficient (Wildman–Crippen LogP) is 2.82. The minimum atomic E-state index is 0.127. The number of nitrogens with zero attached hydrogens (tertiary/aromatic N) is 2. The normalized spacial score (nSPS) is 17.5. The third-order valence-electron chi connectivity index (χ3n) is 4.33. The van der Waals surface area contributed by atoms with E-state index in [0.717, 1.165) is 30.1 Å². The van der Waals surface area contributed by atoms with Gasteiger partial charge >= 0.3 is 0 Å². The molecule has 0 aliphatic carbocycles. The molecule has 4 nitrogen and oxygen atoms in total. The van der Waals surface area contributed by atoms with E-state index in [0.29, 0.717) is 12.6 Å². The van der Waals surface area contributed by atoms with Crippen LogP contribution in [-0.4, -0.2) is 27.2 Å². The van der Waals surface area contributed by atoms with Crippen molar-refractivity contribution in [1.29, 1.82) is 0 Å². The van der Waals surface area contributed by atoms with Gasteiger partial charge in [0.15, 0.2) is 0 Å². The largest absolute Gasteiger partial charge is 0.394 e. The van der Waals surface area contributed by atoms with Crippen LogP contribution in [-0.2, 0) is 13.1 Å². The highest BCUT2D eigenvalue weighted by Gasteiger charge is 2.20. The molecule has 0 fully saturated rings. The number of nitrogens with one attached hydrogen (secondary N) is 1. The zero-order valence-corrected chi connectivity index (χ0v) is 14.0. The van der Waals surface area contributed by atoms with Gasteiger partial charge in [0.25, 0.3) is 0 Å². The molecule has 1 aliphatic heterocycles. The van der Waals surface area contributed by atoms with Gasteiger partial charge in [-0.1, -0.05) is 18.2 Å². The highest BCUT2D eigenvalue weighted by Crippen LogP contribution is 2.36. The minimum Gasteiger partial charge on any atom is -0.394 e. The molecule has 2 aromatic rings. The molecule has 1 aliphatic rings. The van der Waals surface area contributed by atoms with Crippen molar-refractivity contribution < 1.29 is 5.11 Å². The Balaban J connectivity index is 1.74. The van der Waals surface area contributed by atoms with Crippen LogP contribution in [0.1, 0.15) is 35.0 Å². The van der Waals surface area contributed by atoms with Crippen molar-refractivity contribution in [3.8, 4) is 0 Å². The van der Waals surface area contributed by atoms with Gasteiger partial charge in [-0.15, -0.1) is 11.8 Å². The summed E-state index contributed by atoms with van der Waals surface area (Å²) in [4.78, 5) is 1.40. The number of thioether (sulfide) groups is 1. The second kappa shape index (κ2) is 6.86. The van der Waals surface area contributed by atoms with Crippen molar-refractivity contribution in [2.24, 2.45) is 0 Å². The highest BCUT2D eigenvalue weighted by atomic mass is 32.2. The maximum absolute atomic E-state index is 9.11. The first-order chi connectivity index (χ1) is 10.7. The highest BCUT2D eigenvalue weighted by molar-refractivity contribution is 7.99. The monoisotopic (exact) mass is 317 g/mol. The molecule has 0 radical (unpaired) electrons. The summed E-state index contributed by atoms with van der Waals surface area (Å²) in [6.07, 6.45) is 1.16. The summed E-state index contributed by atoms with van der Waals surface area (Å²) in [6, 6.07) is 9.09. The smallest absolute Gasteiger partial charge is 0.0644 e. The Morgan fingerprint density at radius 2 is 2.18 bits per heavy atom. The lowest BCUT2D eigenvalue weighted by Gasteiger charge is -2.26. The average molecular weight is 317 g/mol. The second-order valence-electron chi connectivity index (χ2n) is 5.70. The van der Waals surface area contributed by atoms with Crippen molar-refractivity contribution in [3.63, 3.8) is 0 Å². The zero-order valence-electron chi connectivity index (χ0n) is 13.2. The average Bonchev–Trinajstić information content (AvgIpc) is 2.80. The zero-order chi connectivity index (χ0) is 15.5. The van der Waals surface area contributed by atoms with Crippen LogP contribution < -0.4 is 5.32 Å². The number of aliphatic hydroxyl groups excluding tert-OH is 1. The fourth-order valence-corrected chi connectivity index (χ4v) is 4.21. The first-order valence-electron chi connectivity index (χ1n) is 7.79. The van der Waals surface area contributed by atoms with Crippen LogP contribution in [0.4, 0.5) is 0 Å². The number of aryl methyl sites for hydroxylation is 1. The van der Waals surface area contributed by atoms with Gasteiger partial charge in [0.1, 0.15) is 0 Å². The Morgan fingerprint density at radius 1 is 1.36 bits per heavy atom. The molecule has 5 heteroatoms. The molecule has 2 heterocycles. The predicted molar refractivity (Wildman–Crippen MR) is 90.2 cm³/mol. The van der Waals surface area contributed by atoms with E-state index < -0.39 is 0 Å². The number of fused-ring (bicyclic) bond motifs is 1. The summed E-state index contributed by atoms with van der Waals surface area (Å²) in [5.41, 5.74) is 4.87. The Labute approximate surface area is 135 Å². The topological polar surface area (TPSA) is 50.1 Å². The van der Waals surface area contributed by atoms with Crippen LogP contribution in [0.25, 0.3) is 0 Å². The molecule has 22 heavy (non-hydrogen) atoms. The van der Waals surface area contributed by atoms with Crippen LogP contribution in [0, 0.1) is 13.8 Å². The molecule has 118 valence electrons. The van der Waals surface area contributed by atoms with Gasteiger partial charge in [0.2, 0.25) is 0 Å². The summed E-state index contributed by atoms with van der Waals surface area (Å²) in [6.45, 7) is 5.64. The van der Waals surface area contributed by atoms with Crippen LogP contribution in [0.5, 0.6) is 0 Å². The number of benzene rings is 1. The quantitative estimate of drug-likeness (QED) is 0.890. The van der Waals surface area contributed by atoms with E-state index in [9.17, 15) is 0 Å². The number of hydrogen-bond acceptors (Lipinski definition) is 4. The summed E-state index contributed by atoms with van der Waals surface area (Å²) in [5, 5.41) is 17.3. The summed E-state index contributed by atoms with van der Waals surface area (Å²) in [5.74, 6) is 1.16. The molecule has 2 N–H and O–H groups in total. The van der Waals surface area contributed by atoms with E-state index in [-0.39, 0.29) is 6.61 Å². The third kappa shape index (κ3) is 3.07. The Hall–Kier alpha value is -1.30. The molecule has 1 aromatic heterocycles. The molecule has 0 spiro atoms. The summed E-state index contributed by atoms with van der Waals surface area (Å²) in [7, 11) is 0. The number of aliphatic hydroxyl groups is 1. The summed E-state index contributed by atoms with van der Waals surface area (Å²) < 4.78 is 1.90. The lowest BCUT2D eigenvalue weighted by Crippen LogP contribution is -2.24. The lowest BCUT2D eigenvalue weighted by molar-refractivity contribution is 0.267. The maximum Gasteiger partial charge on any atom is 0.0644 e. The van der Waals surface area contributed by atoms with Crippen molar-refractivity contribution in [3.05, 3.63) is 46.8 Å². The van der Waals surface area contributed by atoms with Crippen molar-refractivity contribution >= 4 is 11.8 Å². The Morgan fingerprint density at radius 3 is 3.00 bits per heavy atom. The van der Waals surface area contributed by atoms with Gasteiger partial charge in [0.05, 0.1) is 18.8 Å². The summed E-state index contributed by atoms with van der Waals surface area (Å²) >= 11 is 1.95. The van der Waals surface area contributed by atoms with Gasteiger partial charge < -0.3 is 10.4 Å². The van der Waals surface area contributed by atoms with Crippen LogP contribution in [0.3, 0.4) is 0 Å². The number of aromatic nitrogens is 2. The van der Waals surface area contributed by atoms with Crippen LogP contribution in [0.15, 0.2) is 29.2 Å². The Kier molecular flexibility index (Phi) is 4.86. The van der Waals surface area contributed by atoms with Crippen LogP contribution in [0.2, 0.25) is 0 Å². The molecular formula is C17H23N3OS. The van der Waals surface area contributed by atoms with Gasteiger partial charge in [-0.25, -0.2) is 0 Å². The molecule has 0 bridgehead atoms. The van der Waals surface area contributed by atoms with Gasteiger partial charge in [-0.3, -0.25) is 4.68 Å². The van der Waals surface area contributed by atoms with Crippen molar-refractivity contribution in [1.82, 2.24) is 15.1 Å². The first kappa shape index (κ1) is 15.6. The first-order valence-corrected chi connectivity index (χ1v) is 8.78. The maximum atomic E-state index is 9.11. The van der Waals surface area contributed by atoms with Crippen molar-refractivity contribution in [2.45, 2.75) is 44.3 Å². The van der Waals surface area contributed by atoms with E-state index in [1.54, 1.807) is 0 Å². The Bertz CT molecular complexity index is 653. The fourth-order valence-electron chi connectivity index (χ4n) is 3.08. The molecule has 1 aromatic carbocycles. The molecule has 0 saturated heterocycles. The number of rotatable bonds is 5. The standard InChI is InChI=1S/C17H23N3OS/c1-12-15(13(2)20(19-12)8-9-21)11-18-16-7-10-22-17-6-4-3-5-14(16)17/h3-6,16,18,21H,7-11H2,1-2H3. The van der Waals surface area contributed by atoms with Crippen molar-refractivity contribution in [2.75, 3.05) is 12.4 Å². The molecular weight excluding hydrogens is 294 g/mol. The number of hydrogen-bond donors (Lipinski definition) is 2. The van der Waals surface area contributed by atoms with Gasteiger partial charge in [-0.05, 0) is 37.7 Å². The van der Waals surface area contributed by atoms with E-state index in [4.69, 9.17) is 5.11 Å². The fraction of sp³-hybridized carbons (Fsp3) is 0.471. The molecule has 3 rings (SSSR count). The molecule has 1 atom stereocenters. The van der Waals surface area contributed by atoms with Gasteiger partial charge in [0, 0.05) is 28.7 Å². The third-order valence-corrected chi connectivity index (χ3v) is 5.45. The van der Waals surface area contributed by atoms with E-state index in [1.165, 1.54) is 16.0 Å². The lowest BCUT2D eigenvalue weighted by atomic mass is 10.0. The van der Waals surface area contributed by atoms with E-state index >= 15 is 0 Å². The van der Waals surface area contributed by atoms with Crippen LogP contribution >= 0.6 is 11.8 Å². The second-order valence-corrected chi connectivity index (χ2v) is 6.84. The minimum absolute atomic E-state index is 0.127.